The Labute approximate surface area is 219 Å². The number of nitrogens with two attached hydrogens (primary N) is 1. The smallest absolute Gasteiger partial charge is 0.237 e. The summed E-state index contributed by atoms with van der Waals surface area (Å²) in [7, 11) is 3.53. The normalized spacial score (nSPS) is 20.8. The van der Waals surface area contributed by atoms with Gasteiger partial charge in [0.1, 0.15) is 5.76 Å². The van der Waals surface area contributed by atoms with E-state index in [1.165, 1.54) is 0 Å². The topological polar surface area (TPSA) is 80.1 Å². The molecule has 2 aromatic rings. The Morgan fingerprint density at radius 2 is 1.78 bits per heavy atom. The van der Waals surface area contributed by atoms with Crippen molar-refractivity contribution in [1.82, 2.24) is 15.1 Å². The number of carbonyl (C=O) groups is 1. The number of likely N-dealkylation sites (tertiary alicyclic amines) is 1. The van der Waals surface area contributed by atoms with Gasteiger partial charge in [0.05, 0.1) is 17.8 Å². The van der Waals surface area contributed by atoms with Crippen LogP contribution in [0, 0.1) is 5.92 Å². The highest BCUT2D eigenvalue weighted by atomic mass is 16.5. The fourth-order valence-corrected chi connectivity index (χ4v) is 4.70. The quantitative estimate of drug-likeness (QED) is 0.208. The van der Waals surface area contributed by atoms with E-state index in [4.69, 9.17) is 15.2 Å². The van der Waals surface area contributed by atoms with Gasteiger partial charge in [-0.2, -0.15) is 0 Å². The maximum atomic E-state index is 13.6. The molecular weight excluding hydrogens is 464 g/mol. The Kier molecular flexibility index (Phi) is 8.48. The summed E-state index contributed by atoms with van der Waals surface area (Å²) in [5, 5.41) is 3.55. The van der Waals surface area contributed by atoms with Crippen LogP contribution in [0.25, 0.3) is 0 Å². The minimum Gasteiger partial charge on any atom is -0.470 e. The van der Waals surface area contributed by atoms with Crippen molar-refractivity contribution < 1.29 is 14.3 Å². The second-order valence-corrected chi connectivity index (χ2v) is 9.20. The summed E-state index contributed by atoms with van der Waals surface area (Å²) in [5.41, 5.74) is 9.28. The zero-order chi connectivity index (χ0) is 26.4. The van der Waals surface area contributed by atoms with Crippen LogP contribution in [0.4, 0.5) is 0 Å². The minimum absolute atomic E-state index is 0.0458. The van der Waals surface area contributed by atoms with Crippen molar-refractivity contribution in [2.45, 2.75) is 32.0 Å². The molecule has 1 saturated heterocycles. The molecule has 2 aromatic carbocycles. The minimum atomic E-state index is -0.714. The van der Waals surface area contributed by atoms with Gasteiger partial charge >= 0.3 is 0 Å². The van der Waals surface area contributed by atoms with Crippen molar-refractivity contribution in [3.8, 4) is 0 Å². The Hall–Kier alpha value is -3.81. The van der Waals surface area contributed by atoms with Crippen molar-refractivity contribution in [1.29, 1.82) is 0 Å². The molecule has 4 rings (SSSR count). The molecule has 194 valence electrons. The molecule has 1 amide bonds. The largest absolute Gasteiger partial charge is 0.470 e. The highest BCUT2D eigenvalue weighted by Gasteiger charge is 2.53. The molecule has 0 saturated carbocycles. The van der Waals surface area contributed by atoms with Crippen molar-refractivity contribution in [2.24, 2.45) is 11.7 Å². The number of nitrogens with zero attached hydrogens (tertiary/aromatic N) is 2. The first-order valence-corrected chi connectivity index (χ1v) is 12.5. The highest BCUT2D eigenvalue weighted by Crippen LogP contribution is 2.37. The van der Waals surface area contributed by atoms with Gasteiger partial charge in [-0.05, 0) is 48.3 Å². The van der Waals surface area contributed by atoms with E-state index in [-0.39, 0.29) is 17.9 Å². The predicted octanol–water partition coefficient (Wildman–Crippen LogP) is 4.25. The van der Waals surface area contributed by atoms with Gasteiger partial charge < -0.3 is 20.1 Å². The highest BCUT2D eigenvalue weighted by molar-refractivity contribution is 5.86. The second-order valence-electron chi connectivity index (χ2n) is 9.20. The van der Waals surface area contributed by atoms with Crippen LogP contribution in [-0.4, -0.2) is 49.0 Å². The number of amides is 1. The number of hydrogen-bond donors (Lipinski definition) is 2. The van der Waals surface area contributed by atoms with Gasteiger partial charge in [-0.25, -0.2) is 0 Å². The molecule has 0 spiro atoms. The van der Waals surface area contributed by atoms with Gasteiger partial charge in [0.2, 0.25) is 5.91 Å². The van der Waals surface area contributed by atoms with Crippen molar-refractivity contribution in [2.75, 3.05) is 20.7 Å². The number of rotatable bonds is 11. The fraction of sp³-hybridized carbons (Fsp3) is 0.300. The molecule has 0 radical (unpaired) electrons. The van der Waals surface area contributed by atoms with Crippen LogP contribution in [0.1, 0.15) is 30.5 Å². The Balaban J connectivity index is 1.61. The van der Waals surface area contributed by atoms with Crippen LogP contribution < -0.4 is 11.1 Å². The first-order valence-electron chi connectivity index (χ1n) is 12.5. The molecule has 0 bridgehead atoms. The summed E-state index contributed by atoms with van der Waals surface area (Å²) in [4.78, 5) is 17.2. The molecule has 2 aliphatic rings. The van der Waals surface area contributed by atoms with Gasteiger partial charge in [-0.15, -0.1) is 0 Å². The predicted molar refractivity (Wildman–Crippen MR) is 145 cm³/mol. The lowest BCUT2D eigenvalue weighted by molar-refractivity contribution is -0.222. The molecule has 7 nitrogen and oxygen atoms in total. The number of nitrogens with one attached hydrogen (secondary N) is 1. The Bertz CT molecular complexity index is 1140. The van der Waals surface area contributed by atoms with E-state index >= 15 is 0 Å². The van der Waals surface area contributed by atoms with Crippen molar-refractivity contribution >= 4 is 5.91 Å². The van der Waals surface area contributed by atoms with Crippen LogP contribution in [-0.2, 0) is 14.3 Å². The number of benzene rings is 2. The molecule has 2 aliphatic heterocycles. The van der Waals surface area contributed by atoms with Crippen LogP contribution in [0.15, 0.2) is 109 Å². The van der Waals surface area contributed by atoms with E-state index in [1.54, 1.807) is 18.1 Å². The van der Waals surface area contributed by atoms with Gasteiger partial charge in [-0.3, -0.25) is 15.0 Å². The average Bonchev–Trinajstić information content (AvgIpc) is 2.94. The third kappa shape index (κ3) is 5.79. The van der Waals surface area contributed by atoms with E-state index in [0.717, 1.165) is 16.7 Å². The van der Waals surface area contributed by atoms with Crippen LogP contribution in [0.5, 0.6) is 0 Å². The van der Waals surface area contributed by atoms with Gasteiger partial charge in [0.15, 0.2) is 12.6 Å². The number of β-lactam (4-membered cyclic amide) rings is 1. The van der Waals surface area contributed by atoms with Crippen LogP contribution >= 0.6 is 0 Å². The molecule has 3 atom stereocenters. The lowest BCUT2D eigenvalue weighted by atomic mass is 9.87. The van der Waals surface area contributed by atoms with Gasteiger partial charge in [0, 0.05) is 20.7 Å². The van der Waals surface area contributed by atoms with E-state index in [2.05, 4.69) is 42.2 Å². The molecule has 7 heteroatoms. The molecule has 3 N–H and O–H groups in total. The third-order valence-electron chi connectivity index (χ3n) is 6.84. The van der Waals surface area contributed by atoms with Gasteiger partial charge in [0.25, 0.3) is 0 Å². The zero-order valence-electron chi connectivity index (χ0n) is 21.7. The number of allylic oxidation sites excluding steroid dienone is 4. The molecule has 37 heavy (non-hydrogen) atoms. The van der Waals surface area contributed by atoms with Gasteiger partial charge in [-0.1, -0.05) is 73.3 Å². The Morgan fingerprint density at radius 1 is 1.16 bits per heavy atom. The molecule has 2 heterocycles. The van der Waals surface area contributed by atoms with Crippen molar-refractivity contribution in [3.63, 3.8) is 0 Å². The first-order chi connectivity index (χ1) is 18.0. The Morgan fingerprint density at radius 3 is 2.30 bits per heavy atom. The fourth-order valence-electron chi connectivity index (χ4n) is 4.70. The van der Waals surface area contributed by atoms with E-state index in [9.17, 15) is 4.79 Å². The number of carbonyl (C=O) groups excluding carboxylic acids is 1. The number of hydrogen-bond acceptors (Lipinski definition) is 6. The van der Waals surface area contributed by atoms with E-state index in [0.29, 0.717) is 24.5 Å². The van der Waals surface area contributed by atoms with Crippen LogP contribution in [0.3, 0.4) is 0 Å². The summed E-state index contributed by atoms with van der Waals surface area (Å²) in [6.07, 6.45) is 6.79. The van der Waals surface area contributed by atoms with E-state index < -0.39 is 12.6 Å². The monoisotopic (exact) mass is 500 g/mol. The third-order valence-corrected chi connectivity index (χ3v) is 6.84. The van der Waals surface area contributed by atoms with Crippen molar-refractivity contribution in [3.05, 3.63) is 120 Å². The molecule has 0 aliphatic carbocycles. The SMILES string of the molecule is C=C/C(=C\C)OC1[C@@H](CC2=CCN(C)C(N)=C2)C(=O)N1C(NC(c1ccccc1)c1ccccc1)OC. The molecule has 1 fully saturated rings. The number of ether oxygens (including phenoxy) is 2. The summed E-state index contributed by atoms with van der Waals surface area (Å²) >= 11 is 0. The first kappa shape index (κ1) is 26.3. The summed E-state index contributed by atoms with van der Waals surface area (Å²) in [6, 6.07) is 20.0. The van der Waals surface area contributed by atoms with Crippen LogP contribution in [0.2, 0.25) is 0 Å². The maximum absolute atomic E-state index is 13.6. The average molecular weight is 501 g/mol. The number of likely N-dealkylation sites (N-methyl/N-ethyl adjacent to an activating group) is 1. The molecule has 2 unspecified atom stereocenters. The second kappa shape index (κ2) is 12.0. The zero-order valence-corrected chi connectivity index (χ0v) is 21.7. The molecule has 0 aromatic heterocycles. The summed E-state index contributed by atoms with van der Waals surface area (Å²) < 4.78 is 12.1. The standard InChI is InChI=1S/C30H36N4O3/c1-5-24(6-2)37-29-25(19-21-17-18-33(3)26(31)20-21)28(35)34(29)30(36-4)32-27(22-13-9-7-10-14-22)23-15-11-8-12-16-23/h5-17,20,25,27,29-30,32H,1,18-19,31H2,2-4H3/b24-6+/t25-,29?,30?/m0/s1. The van der Waals surface area contributed by atoms with E-state index in [1.807, 2.05) is 67.4 Å². The summed E-state index contributed by atoms with van der Waals surface area (Å²) in [5.74, 6) is 0.872. The summed E-state index contributed by atoms with van der Waals surface area (Å²) in [6.45, 7) is 6.44. The lowest BCUT2D eigenvalue weighted by Crippen LogP contribution is -2.69. The lowest BCUT2D eigenvalue weighted by Gasteiger charge is -2.50. The number of methoxy groups -OCH3 is 1. The maximum Gasteiger partial charge on any atom is 0.237 e. The molecular formula is C30H36N4O3.